The summed E-state index contributed by atoms with van der Waals surface area (Å²) in [6.07, 6.45) is 1.34. The van der Waals surface area contributed by atoms with Crippen LogP contribution >= 0.6 is 0 Å². The van der Waals surface area contributed by atoms with E-state index in [0.29, 0.717) is 31.0 Å². The van der Waals surface area contributed by atoms with E-state index in [0.717, 1.165) is 12.8 Å². The molecule has 112 valence electrons. The standard InChI is InChI=1S/C15H29NO3/c1-10(2)12(5)14(11(3)4)16-15(17)19-13-6-8-18-9-7-13/h10-14H,6-9H2,1-5H3,(H,16,17)/t12?,14-/m0/s1. The van der Waals surface area contributed by atoms with Crippen molar-refractivity contribution < 1.29 is 14.3 Å². The van der Waals surface area contributed by atoms with E-state index < -0.39 is 0 Å². The van der Waals surface area contributed by atoms with Gasteiger partial charge in [0, 0.05) is 18.9 Å². The van der Waals surface area contributed by atoms with Crippen molar-refractivity contribution in [2.75, 3.05) is 13.2 Å². The van der Waals surface area contributed by atoms with Crippen molar-refractivity contribution >= 4 is 6.09 Å². The fourth-order valence-corrected chi connectivity index (χ4v) is 2.44. The summed E-state index contributed by atoms with van der Waals surface area (Å²) in [7, 11) is 0. The van der Waals surface area contributed by atoms with E-state index in [4.69, 9.17) is 9.47 Å². The molecule has 1 amide bonds. The highest BCUT2D eigenvalue weighted by molar-refractivity contribution is 5.67. The highest BCUT2D eigenvalue weighted by Crippen LogP contribution is 2.21. The zero-order valence-corrected chi connectivity index (χ0v) is 12.9. The third-order valence-electron chi connectivity index (χ3n) is 4.06. The lowest BCUT2D eigenvalue weighted by atomic mass is 9.84. The molecule has 1 unspecified atom stereocenters. The van der Waals surface area contributed by atoms with Gasteiger partial charge in [0.15, 0.2) is 0 Å². The van der Waals surface area contributed by atoms with Crippen molar-refractivity contribution in [2.45, 2.75) is 59.6 Å². The lowest BCUT2D eigenvalue weighted by molar-refractivity contribution is -0.000667. The first-order valence-electron chi connectivity index (χ1n) is 7.46. The van der Waals surface area contributed by atoms with Crippen molar-refractivity contribution in [3.05, 3.63) is 0 Å². The molecule has 0 aromatic rings. The van der Waals surface area contributed by atoms with Crippen molar-refractivity contribution in [3.8, 4) is 0 Å². The maximum Gasteiger partial charge on any atom is 0.407 e. The SMILES string of the molecule is CC(C)C(C)[C@@H](NC(=O)OC1CCOCC1)C(C)C. The summed E-state index contributed by atoms with van der Waals surface area (Å²) in [4.78, 5) is 12.0. The van der Waals surface area contributed by atoms with Gasteiger partial charge in [0.05, 0.1) is 13.2 Å². The molecule has 4 heteroatoms. The minimum atomic E-state index is -0.280. The van der Waals surface area contributed by atoms with Gasteiger partial charge in [-0.2, -0.15) is 0 Å². The lowest BCUT2D eigenvalue weighted by Crippen LogP contribution is -2.46. The van der Waals surface area contributed by atoms with Gasteiger partial charge in [0.1, 0.15) is 6.10 Å². The van der Waals surface area contributed by atoms with E-state index in [9.17, 15) is 4.79 Å². The Kier molecular flexibility index (Phi) is 6.63. The van der Waals surface area contributed by atoms with Crippen LogP contribution in [0.2, 0.25) is 0 Å². The van der Waals surface area contributed by atoms with Crippen molar-refractivity contribution in [3.63, 3.8) is 0 Å². The van der Waals surface area contributed by atoms with Crippen LogP contribution in [-0.4, -0.2) is 31.5 Å². The predicted octanol–water partition coefficient (Wildman–Crippen LogP) is 3.21. The Balaban J connectivity index is 2.46. The maximum absolute atomic E-state index is 12.0. The van der Waals surface area contributed by atoms with Crippen LogP contribution in [0.3, 0.4) is 0 Å². The molecule has 4 nitrogen and oxygen atoms in total. The number of hydrogen-bond acceptors (Lipinski definition) is 3. The molecular weight excluding hydrogens is 242 g/mol. The summed E-state index contributed by atoms with van der Waals surface area (Å²) in [6, 6.07) is 0.160. The van der Waals surface area contributed by atoms with Gasteiger partial charge in [-0.1, -0.05) is 34.6 Å². The Bertz CT molecular complexity index is 273. The molecule has 1 fully saturated rings. The first-order valence-corrected chi connectivity index (χ1v) is 7.46. The highest BCUT2D eigenvalue weighted by Gasteiger charge is 2.27. The number of nitrogens with one attached hydrogen (secondary N) is 1. The van der Waals surface area contributed by atoms with E-state index in [2.05, 4.69) is 39.9 Å². The monoisotopic (exact) mass is 271 g/mol. The van der Waals surface area contributed by atoms with Gasteiger partial charge in [0.2, 0.25) is 0 Å². The second-order valence-electron chi connectivity index (χ2n) is 6.23. The fourth-order valence-electron chi connectivity index (χ4n) is 2.44. The highest BCUT2D eigenvalue weighted by atomic mass is 16.6. The number of ether oxygens (including phenoxy) is 2. The summed E-state index contributed by atoms with van der Waals surface area (Å²) < 4.78 is 10.7. The maximum atomic E-state index is 12.0. The number of rotatable bonds is 5. The Morgan fingerprint density at radius 1 is 1.11 bits per heavy atom. The van der Waals surface area contributed by atoms with Crippen LogP contribution in [0.5, 0.6) is 0 Å². The Hall–Kier alpha value is -0.770. The number of carbonyl (C=O) groups is 1. The van der Waals surface area contributed by atoms with Crippen molar-refractivity contribution in [2.24, 2.45) is 17.8 Å². The Morgan fingerprint density at radius 3 is 2.16 bits per heavy atom. The van der Waals surface area contributed by atoms with Crippen LogP contribution in [0.4, 0.5) is 4.79 Å². The van der Waals surface area contributed by atoms with Gasteiger partial charge in [0.25, 0.3) is 0 Å². The largest absolute Gasteiger partial charge is 0.446 e. The second-order valence-corrected chi connectivity index (χ2v) is 6.23. The summed E-state index contributed by atoms with van der Waals surface area (Å²) in [5.74, 6) is 1.37. The van der Waals surface area contributed by atoms with Gasteiger partial charge in [-0.3, -0.25) is 0 Å². The van der Waals surface area contributed by atoms with Gasteiger partial charge in [-0.05, 0) is 17.8 Å². The Labute approximate surface area is 117 Å². The zero-order chi connectivity index (χ0) is 14.4. The summed E-state index contributed by atoms with van der Waals surface area (Å²) in [5, 5.41) is 3.04. The summed E-state index contributed by atoms with van der Waals surface area (Å²) in [5.41, 5.74) is 0. The third-order valence-corrected chi connectivity index (χ3v) is 4.06. The molecule has 1 aliphatic heterocycles. The van der Waals surface area contributed by atoms with Crippen molar-refractivity contribution in [1.82, 2.24) is 5.32 Å². The van der Waals surface area contributed by atoms with E-state index in [-0.39, 0.29) is 18.2 Å². The zero-order valence-electron chi connectivity index (χ0n) is 12.9. The molecule has 1 heterocycles. The van der Waals surface area contributed by atoms with Crippen LogP contribution < -0.4 is 5.32 Å². The smallest absolute Gasteiger partial charge is 0.407 e. The van der Waals surface area contributed by atoms with Gasteiger partial charge in [-0.15, -0.1) is 0 Å². The molecule has 0 aliphatic carbocycles. The normalized spacial score (nSPS) is 20.4. The molecule has 19 heavy (non-hydrogen) atoms. The predicted molar refractivity (Wildman–Crippen MR) is 76.1 cm³/mol. The number of hydrogen-bond donors (Lipinski definition) is 1. The summed E-state index contributed by atoms with van der Waals surface area (Å²) >= 11 is 0. The van der Waals surface area contributed by atoms with Gasteiger partial charge < -0.3 is 14.8 Å². The molecule has 0 bridgehead atoms. The van der Waals surface area contributed by atoms with Crippen molar-refractivity contribution in [1.29, 1.82) is 0 Å². The van der Waals surface area contributed by atoms with E-state index in [1.807, 2.05) is 0 Å². The van der Waals surface area contributed by atoms with E-state index in [1.165, 1.54) is 0 Å². The van der Waals surface area contributed by atoms with Crippen LogP contribution in [-0.2, 0) is 9.47 Å². The second kappa shape index (κ2) is 7.73. The van der Waals surface area contributed by atoms with E-state index >= 15 is 0 Å². The summed E-state index contributed by atoms with van der Waals surface area (Å²) in [6.45, 7) is 12.2. The van der Waals surface area contributed by atoms with E-state index in [1.54, 1.807) is 0 Å². The van der Waals surface area contributed by atoms with Gasteiger partial charge in [-0.25, -0.2) is 4.79 Å². The fraction of sp³-hybridized carbons (Fsp3) is 0.933. The minimum Gasteiger partial charge on any atom is -0.446 e. The number of amides is 1. The average Bonchev–Trinajstić information content (AvgIpc) is 2.36. The van der Waals surface area contributed by atoms with Crippen LogP contribution in [0, 0.1) is 17.8 Å². The number of carbonyl (C=O) groups excluding carboxylic acids is 1. The number of alkyl carbamates (subject to hydrolysis) is 1. The van der Waals surface area contributed by atoms with Crippen LogP contribution in [0.15, 0.2) is 0 Å². The molecule has 0 aromatic heterocycles. The quantitative estimate of drug-likeness (QED) is 0.835. The molecule has 0 spiro atoms. The molecule has 0 radical (unpaired) electrons. The minimum absolute atomic E-state index is 0.0101. The molecule has 1 aliphatic rings. The van der Waals surface area contributed by atoms with Crippen LogP contribution in [0.25, 0.3) is 0 Å². The lowest BCUT2D eigenvalue weighted by Gasteiger charge is -2.31. The van der Waals surface area contributed by atoms with Crippen LogP contribution in [0.1, 0.15) is 47.5 Å². The first kappa shape index (κ1) is 16.3. The molecule has 1 N–H and O–H groups in total. The topological polar surface area (TPSA) is 47.6 Å². The molecule has 1 saturated heterocycles. The molecule has 0 aromatic carbocycles. The first-order chi connectivity index (χ1) is 8.91. The molecule has 2 atom stereocenters. The van der Waals surface area contributed by atoms with Gasteiger partial charge >= 0.3 is 6.09 Å². The third kappa shape index (κ3) is 5.39. The molecular formula is C15H29NO3. The molecule has 0 saturated carbocycles. The Morgan fingerprint density at radius 2 is 1.68 bits per heavy atom. The average molecular weight is 271 g/mol. The molecule has 1 rings (SSSR count).